The standard InChI is InChI=1S/C26H50O2/c1-7-8-9-10-20-28-26(27)21-25(6)19-13-18-24(5)17-12-16-23(4)15-11-14-22(2)3/h21-24H,7-20H2,1-6H3/b25-21+/t23-,24-/m1/s1. The molecule has 0 heterocycles. The van der Waals surface area contributed by atoms with Crippen LogP contribution in [0.15, 0.2) is 11.6 Å². The van der Waals surface area contributed by atoms with Crippen LogP contribution >= 0.6 is 0 Å². The zero-order valence-corrected chi connectivity index (χ0v) is 20.0. The maximum absolute atomic E-state index is 11.8. The van der Waals surface area contributed by atoms with Crippen molar-refractivity contribution in [3.05, 3.63) is 11.6 Å². The molecule has 2 atom stereocenters. The lowest BCUT2D eigenvalue weighted by atomic mass is 9.91. The van der Waals surface area contributed by atoms with E-state index in [4.69, 9.17) is 4.74 Å². The lowest BCUT2D eigenvalue weighted by Gasteiger charge is -2.15. The summed E-state index contributed by atoms with van der Waals surface area (Å²) in [7, 11) is 0. The molecule has 2 nitrogen and oxygen atoms in total. The quantitative estimate of drug-likeness (QED) is 0.132. The number of hydrogen-bond acceptors (Lipinski definition) is 2. The van der Waals surface area contributed by atoms with Crippen LogP contribution in [0.2, 0.25) is 0 Å². The largest absolute Gasteiger partial charge is 0.463 e. The van der Waals surface area contributed by atoms with Crippen molar-refractivity contribution in [3.63, 3.8) is 0 Å². The second-order valence-corrected chi connectivity index (χ2v) is 9.58. The summed E-state index contributed by atoms with van der Waals surface area (Å²) >= 11 is 0. The van der Waals surface area contributed by atoms with Gasteiger partial charge in [-0.15, -0.1) is 0 Å². The van der Waals surface area contributed by atoms with Crippen LogP contribution in [0.4, 0.5) is 0 Å². The minimum absolute atomic E-state index is 0.159. The van der Waals surface area contributed by atoms with Gasteiger partial charge in [0.2, 0.25) is 0 Å². The van der Waals surface area contributed by atoms with Crippen molar-refractivity contribution in [2.24, 2.45) is 17.8 Å². The number of allylic oxidation sites excluding steroid dienone is 1. The molecule has 0 aromatic rings. The number of ether oxygens (including phenoxy) is 1. The molecule has 28 heavy (non-hydrogen) atoms. The monoisotopic (exact) mass is 394 g/mol. The van der Waals surface area contributed by atoms with Crippen molar-refractivity contribution in [1.29, 1.82) is 0 Å². The van der Waals surface area contributed by atoms with Gasteiger partial charge in [-0.2, -0.15) is 0 Å². The molecule has 0 amide bonds. The summed E-state index contributed by atoms with van der Waals surface area (Å²) < 4.78 is 5.29. The van der Waals surface area contributed by atoms with Crippen LogP contribution in [0.25, 0.3) is 0 Å². The molecule has 0 saturated carbocycles. The lowest BCUT2D eigenvalue weighted by Crippen LogP contribution is -2.03. The Hall–Kier alpha value is -0.790. The van der Waals surface area contributed by atoms with Crippen LogP contribution in [-0.4, -0.2) is 12.6 Å². The summed E-state index contributed by atoms with van der Waals surface area (Å²) in [5.41, 5.74) is 1.16. The van der Waals surface area contributed by atoms with Gasteiger partial charge in [-0.1, -0.05) is 104 Å². The predicted molar refractivity (Wildman–Crippen MR) is 124 cm³/mol. The molecule has 0 aliphatic heterocycles. The average Bonchev–Trinajstić information content (AvgIpc) is 2.61. The Labute approximate surface area is 176 Å². The van der Waals surface area contributed by atoms with E-state index in [-0.39, 0.29) is 5.97 Å². The van der Waals surface area contributed by atoms with Gasteiger partial charge >= 0.3 is 5.97 Å². The van der Waals surface area contributed by atoms with E-state index in [9.17, 15) is 4.79 Å². The highest BCUT2D eigenvalue weighted by molar-refractivity contribution is 5.82. The molecular formula is C26H50O2. The first-order valence-corrected chi connectivity index (χ1v) is 12.2. The van der Waals surface area contributed by atoms with Crippen molar-refractivity contribution >= 4 is 5.97 Å². The molecule has 0 unspecified atom stereocenters. The minimum Gasteiger partial charge on any atom is -0.463 e. The highest BCUT2D eigenvalue weighted by Crippen LogP contribution is 2.22. The Kier molecular flexibility index (Phi) is 17.7. The lowest BCUT2D eigenvalue weighted by molar-refractivity contribution is -0.137. The van der Waals surface area contributed by atoms with Gasteiger partial charge in [0.05, 0.1) is 6.61 Å². The highest BCUT2D eigenvalue weighted by atomic mass is 16.5. The maximum Gasteiger partial charge on any atom is 0.330 e. The first-order chi connectivity index (χ1) is 13.3. The molecule has 0 saturated heterocycles. The smallest absolute Gasteiger partial charge is 0.330 e. The second-order valence-electron chi connectivity index (χ2n) is 9.58. The molecule has 0 radical (unpaired) electrons. The van der Waals surface area contributed by atoms with E-state index >= 15 is 0 Å². The third-order valence-corrected chi connectivity index (χ3v) is 5.75. The van der Waals surface area contributed by atoms with Gasteiger partial charge in [0.25, 0.3) is 0 Å². The molecule has 0 aromatic carbocycles. The van der Waals surface area contributed by atoms with Crippen molar-refractivity contribution in [2.75, 3.05) is 6.61 Å². The molecule has 2 heteroatoms. The minimum atomic E-state index is -0.159. The SMILES string of the molecule is CCCCCCOC(=O)/C=C(\C)CCC[C@H](C)CCC[C@H](C)CCCC(C)C. The Morgan fingerprint density at radius 2 is 1.36 bits per heavy atom. The summed E-state index contributed by atoms with van der Waals surface area (Å²) in [6.07, 6.45) is 18.0. The fourth-order valence-corrected chi connectivity index (χ4v) is 3.72. The number of carbonyl (C=O) groups is 1. The highest BCUT2D eigenvalue weighted by Gasteiger charge is 2.07. The molecule has 166 valence electrons. The van der Waals surface area contributed by atoms with Crippen LogP contribution in [-0.2, 0) is 9.53 Å². The maximum atomic E-state index is 11.8. The fraction of sp³-hybridized carbons (Fsp3) is 0.885. The third-order valence-electron chi connectivity index (χ3n) is 5.75. The van der Waals surface area contributed by atoms with E-state index < -0.39 is 0 Å². The van der Waals surface area contributed by atoms with Gasteiger partial charge in [0.15, 0.2) is 0 Å². The number of hydrogen-bond donors (Lipinski definition) is 0. The van der Waals surface area contributed by atoms with Crippen LogP contribution in [0.1, 0.15) is 125 Å². The Bertz CT molecular complexity index is 397. The molecule has 0 N–H and O–H groups in total. The number of carbonyl (C=O) groups excluding carboxylic acids is 1. The summed E-state index contributed by atoms with van der Waals surface area (Å²) in [6.45, 7) is 14.3. The molecule has 0 spiro atoms. The predicted octanol–water partition coefficient (Wildman–Crippen LogP) is 8.50. The third kappa shape index (κ3) is 18.6. The molecule has 0 aromatic heterocycles. The number of unbranched alkanes of at least 4 members (excludes halogenated alkanes) is 3. The normalized spacial score (nSPS) is 14.3. The van der Waals surface area contributed by atoms with Crippen molar-refractivity contribution in [1.82, 2.24) is 0 Å². The molecule has 0 fully saturated rings. The van der Waals surface area contributed by atoms with Crippen LogP contribution in [0, 0.1) is 17.8 Å². The van der Waals surface area contributed by atoms with E-state index in [1.165, 1.54) is 64.2 Å². The summed E-state index contributed by atoms with van der Waals surface area (Å²) in [4.78, 5) is 11.8. The zero-order valence-electron chi connectivity index (χ0n) is 20.0. The van der Waals surface area contributed by atoms with Crippen molar-refractivity contribution < 1.29 is 9.53 Å². The Morgan fingerprint density at radius 1 is 0.786 bits per heavy atom. The van der Waals surface area contributed by atoms with Crippen LogP contribution < -0.4 is 0 Å². The van der Waals surface area contributed by atoms with Gasteiger partial charge in [0, 0.05) is 6.08 Å². The summed E-state index contributed by atoms with van der Waals surface area (Å²) in [5, 5.41) is 0. The number of esters is 1. The molecule has 0 bridgehead atoms. The molecule has 0 aliphatic rings. The van der Waals surface area contributed by atoms with E-state index in [2.05, 4.69) is 41.5 Å². The van der Waals surface area contributed by atoms with Gasteiger partial charge < -0.3 is 4.74 Å². The molecular weight excluding hydrogens is 344 g/mol. The van der Waals surface area contributed by atoms with Gasteiger partial charge in [-0.25, -0.2) is 4.79 Å². The van der Waals surface area contributed by atoms with Crippen molar-refractivity contribution in [2.45, 2.75) is 125 Å². The van der Waals surface area contributed by atoms with Crippen molar-refractivity contribution in [3.8, 4) is 0 Å². The number of rotatable bonds is 18. The topological polar surface area (TPSA) is 26.3 Å². The first kappa shape index (κ1) is 27.2. The van der Waals surface area contributed by atoms with Crippen LogP contribution in [0.5, 0.6) is 0 Å². The summed E-state index contributed by atoms with van der Waals surface area (Å²) in [6, 6.07) is 0. The average molecular weight is 395 g/mol. The Balaban J connectivity index is 3.72. The molecule has 0 aliphatic carbocycles. The van der Waals surface area contributed by atoms with E-state index in [1.54, 1.807) is 6.08 Å². The van der Waals surface area contributed by atoms with Gasteiger partial charge in [-0.05, 0) is 43.9 Å². The summed E-state index contributed by atoms with van der Waals surface area (Å²) in [5.74, 6) is 2.36. The Morgan fingerprint density at radius 3 is 1.93 bits per heavy atom. The van der Waals surface area contributed by atoms with E-state index in [1.807, 2.05) is 0 Å². The molecule has 0 rings (SSSR count). The zero-order chi connectivity index (χ0) is 21.2. The first-order valence-electron chi connectivity index (χ1n) is 12.2. The van der Waals surface area contributed by atoms with Gasteiger partial charge in [-0.3, -0.25) is 0 Å². The van der Waals surface area contributed by atoms with E-state index in [0.29, 0.717) is 6.61 Å². The van der Waals surface area contributed by atoms with E-state index in [0.717, 1.165) is 42.6 Å². The van der Waals surface area contributed by atoms with Gasteiger partial charge in [0.1, 0.15) is 0 Å². The van der Waals surface area contributed by atoms with Crippen LogP contribution in [0.3, 0.4) is 0 Å². The second kappa shape index (κ2) is 18.3. The fourth-order valence-electron chi connectivity index (χ4n) is 3.72.